The lowest BCUT2D eigenvalue weighted by molar-refractivity contribution is -0.151. The van der Waals surface area contributed by atoms with Gasteiger partial charge in [-0.1, -0.05) is 29.3 Å². The molecule has 2 atom stereocenters. The van der Waals surface area contributed by atoms with Crippen LogP contribution in [0.25, 0.3) is 0 Å². The van der Waals surface area contributed by atoms with Gasteiger partial charge in [-0.15, -0.1) is 0 Å². The van der Waals surface area contributed by atoms with E-state index in [-0.39, 0.29) is 16.9 Å². The molecule has 0 radical (unpaired) electrons. The monoisotopic (exact) mass is 452 g/mol. The van der Waals surface area contributed by atoms with Crippen molar-refractivity contribution in [2.75, 3.05) is 7.11 Å². The minimum Gasteiger partial charge on any atom is -0.503 e. The van der Waals surface area contributed by atoms with Gasteiger partial charge < -0.3 is 19.9 Å². The van der Waals surface area contributed by atoms with Gasteiger partial charge in [0.2, 0.25) is 0 Å². The molecule has 9 heteroatoms. The molecule has 0 bridgehead atoms. The first-order valence-electron chi connectivity index (χ1n) is 9.38. The van der Waals surface area contributed by atoms with E-state index in [1.165, 1.54) is 26.3 Å². The fourth-order valence-corrected chi connectivity index (χ4v) is 3.65. The summed E-state index contributed by atoms with van der Waals surface area (Å²) in [5.41, 5.74) is 0.399. The Morgan fingerprint density at radius 2 is 1.90 bits per heavy atom. The SMILES string of the molecule is COc1ccnc(C(=O)NC(C)C(=O)OC(C)C2(c3ccc(Cl)c(Cl)c3)CC2)c1O. The van der Waals surface area contributed by atoms with Gasteiger partial charge in [0.05, 0.1) is 17.2 Å². The summed E-state index contributed by atoms with van der Waals surface area (Å²) in [6.45, 7) is 3.32. The zero-order chi connectivity index (χ0) is 22.1. The third-order valence-electron chi connectivity index (χ3n) is 5.38. The topological polar surface area (TPSA) is 97.8 Å². The number of aromatic nitrogens is 1. The number of methoxy groups -OCH3 is 1. The van der Waals surface area contributed by atoms with E-state index in [2.05, 4.69) is 10.3 Å². The van der Waals surface area contributed by atoms with Crippen molar-refractivity contribution < 1.29 is 24.2 Å². The number of benzene rings is 1. The maximum atomic E-state index is 12.6. The summed E-state index contributed by atoms with van der Waals surface area (Å²) in [7, 11) is 1.36. The number of amides is 1. The number of nitrogens with zero attached hydrogens (tertiary/aromatic N) is 1. The van der Waals surface area contributed by atoms with Crippen molar-refractivity contribution in [3.05, 3.63) is 51.8 Å². The second-order valence-electron chi connectivity index (χ2n) is 7.27. The fraction of sp³-hybridized carbons (Fsp3) is 0.381. The van der Waals surface area contributed by atoms with E-state index in [1.54, 1.807) is 12.1 Å². The summed E-state index contributed by atoms with van der Waals surface area (Å²) in [5, 5.41) is 13.5. The Balaban J connectivity index is 1.65. The molecule has 0 spiro atoms. The molecular weight excluding hydrogens is 431 g/mol. The number of aromatic hydroxyl groups is 1. The second kappa shape index (κ2) is 8.70. The van der Waals surface area contributed by atoms with Gasteiger partial charge in [0.1, 0.15) is 12.1 Å². The van der Waals surface area contributed by atoms with Crippen LogP contribution in [0.5, 0.6) is 11.5 Å². The molecule has 0 saturated heterocycles. The fourth-order valence-electron chi connectivity index (χ4n) is 3.35. The van der Waals surface area contributed by atoms with Gasteiger partial charge in [0.25, 0.3) is 5.91 Å². The second-order valence-corrected chi connectivity index (χ2v) is 8.08. The highest BCUT2D eigenvalue weighted by molar-refractivity contribution is 6.42. The molecule has 3 rings (SSSR count). The molecule has 2 aromatic rings. The standard InChI is InChI=1S/C21H22Cl2N2O5/c1-11(25-19(27)17-18(26)16(29-3)6-9-24-17)20(28)30-12(2)21(7-8-21)13-4-5-14(22)15(23)10-13/h4-6,9-12,26H,7-8H2,1-3H3,(H,25,27). The van der Waals surface area contributed by atoms with Gasteiger partial charge in [0.15, 0.2) is 17.2 Å². The van der Waals surface area contributed by atoms with Crippen LogP contribution in [-0.4, -0.2) is 41.2 Å². The molecule has 0 aliphatic heterocycles. The highest BCUT2D eigenvalue weighted by atomic mass is 35.5. The average molecular weight is 453 g/mol. The largest absolute Gasteiger partial charge is 0.503 e. The Hall–Kier alpha value is -2.51. The summed E-state index contributed by atoms with van der Waals surface area (Å²) < 4.78 is 10.6. The predicted molar refractivity (Wildman–Crippen MR) is 112 cm³/mol. The average Bonchev–Trinajstić information content (AvgIpc) is 3.52. The van der Waals surface area contributed by atoms with Gasteiger partial charge in [-0.05, 0) is 44.4 Å². The zero-order valence-electron chi connectivity index (χ0n) is 16.7. The number of pyridine rings is 1. The Morgan fingerprint density at radius 1 is 1.20 bits per heavy atom. The number of rotatable bonds is 7. The molecule has 160 valence electrons. The van der Waals surface area contributed by atoms with Crippen LogP contribution in [-0.2, 0) is 14.9 Å². The highest BCUT2D eigenvalue weighted by Gasteiger charge is 2.51. The molecule has 1 amide bonds. The number of halogens is 2. The number of hydrogen-bond acceptors (Lipinski definition) is 6. The first-order valence-corrected chi connectivity index (χ1v) is 10.1. The van der Waals surface area contributed by atoms with E-state index in [0.29, 0.717) is 10.0 Å². The summed E-state index contributed by atoms with van der Waals surface area (Å²) in [6.07, 6.45) is 2.60. The summed E-state index contributed by atoms with van der Waals surface area (Å²) in [4.78, 5) is 28.8. The number of nitrogens with one attached hydrogen (secondary N) is 1. The van der Waals surface area contributed by atoms with Gasteiger partial charge in [-0.25, -0.2) is 9.78 Å². The molecular formula is C21H22Cl2N2O5. The normalized spacial score (nSPS) is 16.3. The lowest BCUT2D eigenvalue weighted by atomic mass is 9.91. The third kappa shape index (κ3) is 4.32. The van der Waals surface area contributed by atoms with E-state index in [9.17, 15) is 14.7 Å². The van der Waals surface area contributed by atoms with E-state index >= 15 is 0 Å². The number of hydrogen-bond donors (Lipinski definition) is 2. The molecule has 7 nitrogen and oxygen atoms in total. The van der Waals surface area contributed by atoms with Crippen LogP contribution in [0.2, 0.25) is 10.0 Å². The summed E-state index contributed by atoms with van der Waals surface area (Å²) in [6, 6.07) is 5.88. The minimum atomic E-state index is -0.947. The van der Waals surface area contributed by atoms with Crippen molar-refractivity contribution in [3.8, 4) is 11.5 Å². The van der Waals surface area contributed by atoms with Crippen LogP contribution in [0.4, 0.5) is 0 Å². The van der Waals surface area contributed by atoms with E-state index in [1.807, 2.05) is 13.0 Å². The van der Waals surface area contributed by atoms with Crippen molar-refractivity contribution >= 4 is 35.1 Å². The first kappa shape index (κ1) is 22.2. The number of esters is 1. The van der Waals surface area contributed by atoms with Crippen LogP contribution in [0.1, 0.15) is 42.7 Å². The van der Waals surface area contributed by atoms with Crippen molar-refractivity contribution in [1.29, 1.82) is 0 Å². The van der Waals surface area contributed by atoms with E-state index < -0.39 is 29.8 Å². The quantitative estimate of drug-likeness (QED) is 0.618. The van der Waals surface area contributed by atoms with Gasteiger partial charge in [-0.2, -0.15) is 0 Å². The van der Waals surface area contributed by atoms with Crippen molar-refractivity contribution in [1.82, 2.24) is 10.3 Å². The number of carbonyl (C=O) groups excluding carboxylic acids is 2. The van der Waals surface area contributed by atoms with E-state index in [0.717, 1.165) is 18.4 Å². The molecule has 2 N–H and O–H groups in total. The highest BCUT2D eigenvalue weighted by Crippen LogP contribution is 2.52. The lowest BCUT2D eigenvalue weighted by Crippen LogP contribution is -2.42. The Bertz CT molecular complexity index is 978. The van der Waals surface area contributed by atoms with Crippen LogP contribution in [0, 0.1) is 0 Å². The maximum absolute atomic E-state index is 12.6. The van der Waals surface area contributed by atoms with Crippen LogP contribution in [0.15, 0.2) is 30.5 Å². The first-order chi connectivity index (χ1) is 14.2. The molecule has 1 aliphatic rings. The maximum Gasteiger partial charge on any atom is 0.328 e. The third-order valence-corrected chi connectivity index (χ3v) is 6.12. The minimum absolute atomic E-state index is 0.108. The Labute approximate surface area is 184 Å². The van der Waals surface area contributed by atoms with Gasteiger partial charge in [0, 0.05) is 17.7 Å². The van der Waals surface area contributed by atoms with Crippen LogP contribution >= 0.6 is 23.2 Å². The smallest absolute Gasteiger partial charge is 0.328 e. The van der Waals surface area contributed by atoms with Gasteiger partial charge in [-0.3, -0.25) is 4.79 Å². The predicted octanol–water partition coefficient (Wildman–Crippen LogP) is 3.88. The molecule has 1 aromatic heterocycles. The lowest BCUT2D eigenvalue weighted by Gasteiger charge is -2.26. The molecule has 1 aromatic carbocycles. The van der Waals surface area contributed by atoms with Gasteiger partial charge >= 0.3 is 5.97 Å². The van der Waals surface area contributed by atoms with Crippen LogP contribution in [0.3, 0.4) is 0 Å². The summed E-state index contributed by atoms with van der Waals surface area (Å²) in [5.74, 6) is -1.60. The number of ether oxygens (including phenoxy) is 2. The van der Waals surface area contributed by atoms with Crippen molar-refractivity contribution in [2.45, 2.75) is 44.2 Å². The summed E-state index contributed by atoms with van der Waals surface area (Å²) >= 11 is 12.1. The Morgan fingerprint density at radius 3 is 2.50 bits per heavy atom. The number of carbonyl (C=O) groups is 2. The molecule has 1 fully saturated rings. The molecule has 1 saturated carbocycles. The molecule has 2 unspecified atom stereocenters. The molecule has 1 heterocycles. The van der Waals surface area contributed by atoms with Crippen molar-refractivity contribution in [3.63, 3.8) is 0 Å². The van der Waals surface area contributed by atoms with Crippen LogP contribution < -0.4 is 10.1 Å². The molecule has 1 aliphatic carbocycles. The van der Waals surface area contributed by atoms with E-state index in [4.69, 9.17) is 32.7 Å². The zero-order valence-corrected chi connectivity index (χ0v) is 18.3. The van der Waals surface area contributed by atoms with Crippen molar-refractivity contribution in [2.24, 2.45) is 0 Å². The Kier molecular flexibility index (Phi) is 6.43. The molecule has 30 heavy (non-hydrogen) atoms.